The average Bonchev–Trinajstić information content (AvgIpc) is 3.12. The van der Waals surface area contributed by atoms with Gasteiger partial charge in [-0.2, -0.15) is 4.98 Å². The minimum absolute atomic E-state index is 0.0646. The Morgan fingerprint density at radius 2 is 1.91 bits per heavy atom. The van der Waals surface area contributed by atoms with Crippen LogP contribution in [0.25, 0.3) is 10.9 Å². The van der Waals surface area contributed by atoms with Gasteiger partial charge in [0.1, 0.15) is 17.1 Å². The number of aromatic hydroxyl groups is 1. The van der Waals surface area contributed by atoms with E-state index in [9.17, 15) is 14.7 Å². The normalized spacial score (nSPS) is 10.7. The van der Waals surface area contributed by atoms with Crippen LogP contribution in [0.4, 0.5) is 28.8 Å². The number of nitrogens with zero attached hydrogens (tertiary/aromatic N) is 3. The molecule has 0 aliphatic carbocycles. The number of nitrogens with two attached hydrogens (primary N) is 1. The Labute approximate surface area is 183 Å². The molecule has 162 valence electrons. The molecule has 10 nitrogen and oxygen atoms in total. The molecule has 6 N–H and O–H groups in total. The van der Waals surface area contributed by atoms with Gasteiger partial charge in [0.05, 0.1) is 5.69 Å². The Kier molecular flexibility index (Phi) is 5.34. The SMILES string of the molecule is CC(=O)Nc1ccc(O)c(Nc2ncc(C(N)=O)c(Nc3cccc4c3ccn4C)n2)c1. The van der Waals surface area contributed by atoms with Gasteiger partial charge in [-0.3, -0.25) is 9.59 Å². The maximum Gasteiger partial charge on any atom is 0.254 e. The van der Waals surface area contributed by atoms with E-state index >= 15 is 0 Å². The maximum absolute atomic E-state index is 11.9. The first kappa shape index (κ1) is 20.7. The van der Waals surface area contributed by atoms with Crippen molar-refractivity contribution in [1.29, 1.82) is 0 Å². The highest BCUT2D eigenvalue weighted by Gasteiger charge is 2.15. The quantitative estimate of drug-likeness (QED) is 0.233. The number of fused-ring (bicyclic) bond motifs is 1. The van der Waals surface area contributed by atoms with E-state index in [0.717, 1.165) is 16.6 Å². The van der Waals surface area contributed by atoms with E-state index < -0.39 is 5.91 Å². The molecule has 0 fully saturated rings. The lowest BCUT2D eigenvalue weighted by Crippen LogP contribution is -2.16. The van der Waals surface area contributed by atoms with Crippen molar-refractivity contribution in [2.24, 2.45) is 12.8 Å². The molecule has 2 aromatic heterocycles. The third-order valence-corrected chi connectivity index (χ3v) is 4.80. The number of benzene rings is 2. The van der Waals surface area contributed by atoms with Crippen LogP contribution < -0.4 is 21.7 Å². The van der Waals surface area contributed by atoms with Crippen molar-refractivity contribution in [2.75, 3.05) is 16.0 Å². The lowest BCUT2D eigenvalue weighted by molar-refractivity contribution is -0.114. The summed E-state index contributed by atoms with van der Waals surface area (Å²) in [6.45, 7) is 1.39. The van der Waals surface area contributed by atoms with Crippen LogP contribution in [0.3, 0.4) is 0 Å². The molecule has 4 rings (SSSR count). The summed E-state index contributed by atoms with van der Waals surface area (Å²) in [4.78, 5) is 31.8. The molecule has 0 bridgehead atoms. The molecule has 2 aromatic carbocycles. The number of aromatic nitrogens is 3. The number of phenols is 1. The number of amides is 2. The monoisotopic (exact) mass is 431 g/mol. The lowest BCUT2D eigenvalue weighted by atomic mass is 10.2. The Bertz CT molecular complexity index is 1350. The third kappa shape index (κ3) is 4.15. The number of hydrogen-bond acceptors (Lipinski definition) is 7. The summed E-state index contributed by atoms with van der Waals surface area (Å²) in [6.07, 6.45) is 3.24. The van der Waals surface area contributed by atoms with Crippen molar-refractivity contribution in [3.05, 3.63) is 60.4 Å². The first-order valence-electron chi connectivity index (χ1n) is 9.67. The Morgan fingerprint density at radius 3 is 2.66 bits per heavy atom. The fourth-order valence-corrected chi connectivity index (χ4v) is 3.29. The number of anilines is 5. The molecule has 32 heavy (non-hydrogen) atoms. The van der Waals surface area contributed by atoms with Gasteiger partial charge in [0, 0.05) is 48.6 Å². The standard InChI is InChI=1S/C22H21N7O3/c1-12(30)25-13-6-7-19(31)17(10-13)27-22-24-11-15(20(23)32)21(28-22)26-16-4-3-5-18-14(16)8-9-29(18)2/h3-11,31H,1-2H3,(H2,23,32)(H,25,30)(H2,24,26,27,28). The van der Waals surface area contributed by atoms with Gasteiger partial charge in [0.15, 0.2) is 0 Å². The van der Waals surface area contributed by atoms with E-state index in [2.05, 4.69) is 25.9 Å². The second-order valence-corrected chi connectivity index (χ2v) is 7.15. The predicted octanol–water partition coefficient (Wildman–Crippen LogP) is 3.22. The Balaban J connectivity index is 1.70. The summed E-state index contributed by atoms with van der Waals surface area (Å²) in [5.74, 6) is -0.665. The van der Waals surface area contributed by atoms with Crippen LogP contribution in [0.2, 0.25) is 0 Å². The molecule has 0 radical (unpaired) electrons. The maximum atomic E-state index is 11.9. The molecule has 0 aliphatic rings. The molecule has 2 heterocycles. The van der Waals surface area contributed by atoms with Gasteiger partial charge >= 0.3 is 0 Å². The number of rotatable bonds is 6. The number of nitrogens with one attached hydrogen (secondary N) is 3. The number of carbonyl (C=O) groups excluding carboxylic acids is 2. The van der Waals surface area contributed by atoms with Crippen LogP contribution >= 0.6 is 0 Å². The number of hydrogen-bond donors (Lipinski definition) is 5. The van der Waals surface area contributed by atoms with E-state index in [0.29, 0.717) is 5.69 Å². The zero-order chi connectivity index (χ0) is 22.8. The largest absolute Gasteiger partial charge is 0.506 e. The topological polar surface area (TPSA) is 147 Å². The number of aryl methyl sites for hydroxylation is 1. The van der Waals surface area contributed by atoms with Crippen molar-refractivity contribution in [2.45, 2.75) is 6.92 Å². The molecule has 0 atom stereocenters. The van der Waals surface area contributed by atoms with Crippen molar-refractivity contribution in [3.8, 4) is 5.75 Å². The van der Waals surface area contributed by atoms with Crippen LogP contribution in [-0.2, 0) is 11.8 Å². The summed E-state index contributed by atoms with van der Waals surface area (Å²) in [5.41, 5.74) is 8.13. The summed E-state index contributed by atoms with van der Waals surface area (Å²) >= 11 is 0. The Morgan fingerprint density at radius 1 is 1.09 bits per heavy atom. The van der Waals surface area contributed by atoms with Crippen molar-refractivity contribution >= 4 is 51.5 Å². The smallest absolute Gasteiger partial charge is 0.254 e. The predicted molar refractivity (Wildman–Crippen MR) is 122 cm³/mol. The number of primary amides is 1. The number of carbonyl (C=O) groups is 2. The lowest BCUT2D eigenvalue weighted by Gasteiger charge is -2.13. The van der Waals surface area contributed by atoms with Gasteiger partial charge in [-0.15, -0.1) is 0 Å². The van der Waals surface area contributed by atoms with Crippen LogP contribution in [0, 0.1) is 0 Å². The van der Waals surface area contributed by atoms with Crippen LogP contribution in [0.1, 0.15) is 17.3 Å². The van der Waals surface area contributed by atoms with E-state index in [1.165, 1.54) is 19.2 Å². The molecule has 2 amide bonds. The van der Waals surface area contributed by atoms with Gasteiger partial charge in [-0.1, -0.05) is 6.07 Å². The molecular weight excluding hydrogens is 410 g/mol. The van der Waals surface area contributed by atoms with Crippen LogP contribution in [0.5, 0.6) is 5.75 Å². The zero-order valence-corrected chi connectivity index (χ0v) is 17.4. The second kappa shape index (κ2) is 8.26. The first-order chi connectivity index (χ1) is 15.3. The zero-order valence-electron chi connectivity index (χ0n) is 17.4. The average molecular weight is 431 g/mol. The van der Waals surface area contributed by atoms with Gasteiger partial charge in [-0.05, 0) is 36.4 Å². The van der Waals surface area contributed by atoms with Crippen molar-refractivity contribution in [1.82, 2.24) is 14.5 Å². The minimum Gasteiger partial charge on any atom is -0.506 e. The van der Waals surface area contributed by atoms with Gasteiger partial charge in [0.25, 0.3) is 5.91 Å². The second-order valence-electron chi connectivity index (χ2n) is 7.15. The summed E-state index contributed by atoms with van der Waals surface area (Å²) in [7, 11) is 1.94. The molecule has 0 unspecified atom stereocenters. The number of phenolic OH excluding ortho intramolecular Hbond substituents is 1. The summed E-state index contributed by atoms with van der Waals surface area (Å²) < 4.78 is 1.98. The molecule has 10 heteroatoms. The van der Waals surface area contributed by atoms with Crippen LogP contribution in [-0.4, -0.2) is 31.5 Å². The van der Waals surface area contributed by atoms with Gasteiger partial charge < -0.3 is 31.4 Å². The van der Waals surface area contributed by atoms with Crippen molar-refractivity contribution in [3.63, 3.8) is 0 Å². The highest BCUT2D eigenvalue weighted by atomic mass is 16.3. The van der Waals surface area contributed by atoms with E-state index in [1.807, 2.05) is 42.1 Å². The fourth-order valence-electron chi connectivity index (χ4n) is 3.29. The van der Waals surface area contributed by atoms with Crippen LogP contribution in [0.15, 0.2) is 54.9 Å². The molecular formula is C22H21N7O3. The highest BCUT2D eigenvalue weighted by Crippen LogP contribution is 2.31. The summed E-state index contributed by atoms with van der Waals surface area (Å²) in [6, 6.07) is 12.2. The van der Waals surface area contributed by atoms with Gasteiger partial charge in [0.2, 0.25) is 11.9 Å². The molecule has 0 aliphatic heterocycles. The molecule has 0 saturated heterocycles. The van der Waals surface area contributed by atoms with E-state index in [1.54, 1.807) is 12.1 Å². The minimum atomic E-state index is -0.685. The first-order valence-corrected chi connectivity index (χ1v) is 9.67. The van der Waals surface area contributed by atoms with Crippen molar-refractivity contribution < 1.29 is 14.7 Å². The molecule has 4 aromatic rings. The molecule has 0 saturated carbocycles. The fraction of sp³-hybridized carbons (Fsp3) is 0.0909. The molecule has 0 spiro atoms. The summed E-state index contributed by atoms with van der Waals surface area (Å²) in [5, 5.41) is 19.8. The Hall–Kier alpha value is -4.60. The van der Waals surface area contributed by atoms with Gasteiger partial charge in [-0.25, -0.2) is 4.98 Å². The third-order valence-electron chi connectivity index (χ3n) is 4.80. The van der Waals surface area contributed by atoms with E-state index in [4.69, 9.17) is 5.73 Å². The van der Waals surface area contributed by atoms with E-state index in [-0.39, 0.29) is 34.7 Å². The highest BCUT2D eigenvalue weighted by molar-refractivity contribution is 6.00.